The number of hydrogen-bond acceptors (Lipinski definition) is 3. The van der Waals surface area contributed by atoms with E-state index in [-0.39, 0.29) is 0 Å². The van der Waals surface area contributed by atoms with Gasteiger partial charge in [-0.1, -0.05) is 6.42 Å². The molecular weight excluding hydrogens is 188 g/mol. The number of aromatic nitrogens is 3. The first kappa shape index (κ1) is 10.6. The number of nitrogens with zero attached hydrogens (tertiary/aromatic N) is 3. The average Bonchev–Trinajstić information content (AvgIpc) is 2.77. The van der Waals surface area contributed by atoms with Gasteiger partial charge in [0.2, 0.25) is 0 Å². The van der Waals surface area contributed by atoms with Crippen LogP contribution in [0.15, 0.2) is 6.33 Å². The smallest absolute Gasteiger partial charge is 0.138 e. The standard InChI is InChI=1S/C11H20N4/c1-8(2)15-11(13-7-14-15)6-9-4-3-5-10(9)12/h7-10H,3-6,12H2,1-2H3. The van der Waals surface area contributed by atoms with E-state index in [9.17, 15) is 0 Å². The van der Waals surface area contributed by atoms with Gasteiger partial charge in [-0.3, -0.25) is 0 Å². The van der Waals surface area contributed by atoms with Crippen molar-refractivity contribution in [1.82, 2.24) is 14.8 Å². The van der Waals surface area contributed by atoms with Crippen LogP contribution in [0.4, 0.5) is 0 Å². The molecule has 1 fully saturated rings. The Morgan fingerprint density at radius 3 is 2.93 bits per heavy atom. The van der Waals surface area contributed by atoms with Gasteiger partial charge in [-0.25, -0.2) is 9.67 Å². The highest BCUT2D eigenvalue weighted by molar-refractivity contribution is 4.93. The van der Waals surface area contributed by atoms with E-state index >= 15 is 0 Å². The molecule has 1 aromatic rings. The fourth-order valence-electron chi connectivity index (χ4n) is 2.40. The van der Waals surface area contributed by atoms with Crippen molar-refractivity contribution in [2.75, 3.05) is 0 Å². The zero-order valence-electron chi connectivity index (χ0n) is 9.56. The van der Waals surface area contributed by atoms with Gasteiger partial charge in [-0.2, -0.15) is 5.10 Å². The Morgan fingerprint density at radius 2 is 2.33 bits per heavy atom. The Balaban J connectivity index is 2.06. The van der Waals surface area contributed by atoms with Gasteiger partial charge in [0.05, 0.1) is 0 Å². The van der Waals surface area contributed by atoms with E-state index in [1.807, 2.05) is 4.68 Å². The summed E-state index contributed by atoms with van der Waals surface area (Å²) in [5.41, 5.74) is 6.06. The fraction of sp³-hybridized carbons (Fsp3) is 0.818. The highest BCUT2D eigenvalue weighted by Gasteiger charge is 2.25. The fourth-order valence-corrected chi connectivity index (χ4v) is 2.40. The molecule has 2 atom stereocenters. The van der Waals surface area contributed by atoms with Crippen molar-refractivity contribution < 1.29 is 0 Å². The summed E-state index contributed by atoms with van der Waals surface area (Å²) in [4.78, 5) is 4.33. The second-order valence-electron chi connectivity index (χ2n) is 4.77. The molecule has 15 heavy (non-hydrogen) atoms. The third-order valence-electron chi connectivity index (χ3n) is 3.30. The molecule has 1 aromatic heterocycles. The van der Waals surface area contributed by atoms with Crippen LogP contribution in [0, 0.1) is 5.92 Å². The van der Waals surface area contributed by atoms with Crippen LogP contribution in [0.2, 0.25) is 0 Å². The van der Waals surface area contributed by atoms with Crippen LogP contribution in [0.3, 0.4) is 0 Å². The molecule has 84 valence electrons. The van der Waals surface area contributed by atoms with Crippen LogP contribution in [-0.2, 0) is 6.42 Å². The van der Waals surface area contributed by atoms with Gasteiger partial charge in [-0.15, -0.1) is 0 Å². The minimum Gasteiger partial charge on any atom is -0.327 e. The summed E-state index contributed by atoms with van der Waals surface area (Å²) >= 11 is 0. The lowest BCUT2D eigenvalue weighted by atomic mass is 10.00. The predicted molar refractivity (Wildman–Crippen MR) is 59.4 cm³/mol. The van der Waals surface area contributed by atoms with Crippen LogP contribution in [0.1, 0.15) is 45.0 Å². The molecule has 0 radical (unpaired) electrons. The molecule has 2 N–H and O–H groups in total. The maximum atomic E-state index is 6.06. The van der Waals surface area contributed by atoms with E-state index in [1.54, 1.807) is 6.33 Å². The first-order valence-corrected chi connectivity index (χ1v) is 5.82. The van der Waals surface area contributed by atoms with Gasteiger partial charge in [0.1, 0.15) is 12.2 Å². The lowest BCUT2D eigenvalue weighted by Crippen LogP contribution is -2.27. The third-order valence-corrected chi connectivity index (χ3v) is 3.30. The van der Waals surface area contributed by atoms with E-state index in [0.717, 1.165) is 12.2 Å². The molecule has 1 heterocycles. The molecule has 4 heteroatoms. The zero-order valence-corrected chi connectivity index (χ0v) is 9.56. The lowest BCUT2D eigenvalue weighted by molar-refractivity contribution is 0.431. The molecule has 0 spiro atoms. The quantitative estimate of drug-likeness (QED) is 0.819. The Hall–Kier alpha value is -0.900. The topological polar surface area (TPSA) is 56.7 Å². The molecule has 0 aromatic carbocycles. The normalized spacial score (nSPS) is 26.4. The van der Waals surface area contributed by atoms with Crippen molar-refractivity contribution >= 4 is 0 Å². The Labute approximate surface area is 90.9 Å². The first-order chi connectivity index (χ1) is 7.18. The highest BCUT2D eigenvalue weighted by Crippen LogP contribution is 2.27. The number of nitrogens with two attached hydrogens (primary N) is 1. The number of hydrogen-bond donors (Lipinski definition) is 1. The van der Waals surface area contributed by atoms with Crippen molar-refractivity contribution in [3.63, 3.8) is 0 Å². The van der Waals surface area contributed by atoms with Crippen LogP contribution in [-0.4, -0.2) is 20.8 Å². The third kappa shape index (κ3) is 2.20. The van der Waals surface area contributed by atoms with E-state index in [2.05, 4.69) is 23.9 Å². The van der Waals surface area contributed by atoms with E-state index in [1.165, 1.54) is 19.3 Å². The van der Waals surface area contributed by atoms with Crippen LogP contribution in [0.5, 0.6) is 0 Å². The molecule has 0 bridgehead atoms. The average molecular weight is 208 g/mol. The van der Waals surface area contributed by atoms with Gasteiger partial charge >= 0.3 is 0 Å². The largest absolute Gasteiger partial charge is 0.327 e. The van der Waals surface area contributed by atoms with Gasteiger partial charge in [0.25, 0.3) is 0 Å². The molecule has 1 aliphatic rings. The summed E-state index contributed by atoms with van der Waals surface area (Å²) in [6.07, 6.45) is 6.31. The van der Waals surface area contributed by atoms with E-state index < -0.39 is 0 Å². The van der Waals surface area contributed by atoms with Crippen molar-refractivity contribution in [3.05, 3.63) is 12.2 Å². The molecule has 4 nitrogen and oxygen atoms in total. The number of rotatable bonds is 3. The van der Waals surface area contributed by atoms with E-state index in [0.29, 0.717) is 18.0 Å². The summed E-state index contributed by atoms with van der Waals surface area (Å²) < 4.78 is 2.00. The Kier molecular flexibility index (Phi) is 3.05. The monoisotopic (exact) mass is 208 g/mol. The summed E-state index contributed by atoms with van der Waals surface area (Å²) in [5.74, 6) is 1.69. The van der Waals surface area contributed by atoms with Crippen LogP contribution in [0.25, 0.3) is 0 Å². The molecule has 2 unspecified atom stereocenters. The van der Waals surface area contributed by atoms with Gasteiger partial charge in [-0.05, 0) is 32.6 Å². The van der Waals surface area contributed by atoms with E-state index in [4.69, 9.17) is 5.73 Å². The predicted octanol–water partition coefficient (Wildman–Crippen LogP) is 1.53. The molecule has 1 aliphatic carbocycles. The minimum atomic E-state index is 0.363. The Bertz CT molecular complexity index is 318. The maximum Gasteiger partial charge on any atom is 0.138 e. The molecule has 1 saturated carbocycles. The first-order valence-electron chi connectivity index (χ1n) is 5.82. The van der Waals surface area contributed by atoms with Crippen molar-refractivity contribution in [2.45, 2.75) is 51.6 Å². The summed E-state index contributed by atoms with van der Waals surface area (Å²) in [6.45, 7) is 4.26. The molecule has 0 amide bonds. The molecule has 0 aliphatic heterocycles. The van der Waals surface area contributed by atoms with Gasteiger partial charge in [0.15, 0.2) is 0 Å². The minimum absolute atomic E-state index is 0.363. The zero-order chi connectivity index (χ0) is 10.8. The second kappa shape index (κ2) is 4.31. The summed E-state index contributed by atoms with van der Waals surface area (Å²) in [6, 6.07) is 0.752. The summed E-state index contributed by atoms with van der Waals surface area (Å²) in [5, 5.41) is 4.25. The maximum absolute atomic E-state index is 6.06. The van der Waals surface area contributed by atoms with Gasteiger partial charge in [0, 0.05) is 18.5 Å². The van der Waals surface area contributed by atoms with Crippen molar-refractivity contribution in [2.24, 2.45) is 11.7 Å². The van der Waals surface area contributed by atoms with Crippen LogP contribution >= 0.6 is 0 Å². The van der Waals surface area contributed by atoms with Gasteiger partial charge < -0.3 is 5.73 Å². The molecule has 0 saturated heterocycles. The second-order valence-corrected chi connectivity index (χ2v) is 4.77. The Morgan fingerprint density at radius 1 is 1.53 bits per heavy atom. The van der Waals surface area contributed by atoms with Crippen molar-refractivity contribution in [3.8, 4) is 0 Å². The highest BCUT2D eigenvalue weighted by atomic mass is 15.3. The molecule has 2 rings (SSSR count). The summed E-state index contributed by atoms with van der Waals surface area (Å²) in [7, 11) is 0. The van der Waals surface area contributed by atoms with Crippen LogP contribution < -0.4 is 5.73 Å². The SMILES string of the molecule is CC(C)n1ncnc1CC1CCCC1N. The van der Waals surface area contributed by atoms with Crippen molar-refractivity contribution in [1.29, 1.82) is 0 Å². The lowest BCUT2D eigenvalue weighted by Gasteiger charge is -2.16. The molecular formula is C11H20N4.